The second kappa shape index (κ2) is 11.5. The summed E-state index contributed by atoms with van der Waals surface area (Å²) < 4.78 is 30.1. The molecule has 1 atom stereocenters. The fraction of sp³-hybridized carbons (Fsp3) is 0.375. The van der Waals surface area contributed by atoms with E-state index in [1.807, 2.05) is 25.1 Å². The van der Waals surface area contributed by atoms with Crippen LogP contribution in [0.3, 0.4) is 0 Å². The lowest BCUT2D eigenvalue weighted by Gasteiger charge is -2.34. The smallest absolute Gasteiger partial charge is 0.244 e. The van der Waals surface area contributed by atoms with Crippen molar-refractivity contribution in [3.05, 3.63) is 65.5 Å². The average Bonchev–Trinajstić information content (AvgIpc) is 2.79. The van der Waals surface area contributed by atoms with Crippen molar-refractivity contribution >= 4 is 12.0 Å². The Morgan fingerprint density at radius 1 is 1.23 bits per heavy atom. The summed E-state index contributed by atoms with van der Waals surface area (Å²) in [6.45, 7) is 5.52. The molecule has 0 bridgehead atoms. The zero-order valence-electron chi connectivity index (χ0n) is 18.0. The number of carbonyl (C=O) groups excluding carboxylic acids is 1. The Morgan fingerprint density at radius 2 is 2.03 bits per heavy atom. The summed E-state index contributed by atoms with van der Waals surface area (Å²) in [6, 6.07) is 11.9. The van der Waals surface area contributed by atoms with Gasteiger partial charge in [-0.3, -0.25) is 9.69 Å². The third kappa shape index (κ3) is 6.54. The van der Waals surface area contributed by atoms with E-state index in [2.05, 4.69) is 10.2 Å². The molecule has 1 fully saturated rings. The van der Waals surface area contributed by atoms with Gasteiger partial charge in [0, 0.05) is 25.7 Å². The Bertz CT molecular complexity index is 897. The first-order valence-corrected chi connectivity index (χ1v) is 10.4. The van der Waals surface area contributed by atoms with E-state index in [4.69, 9.17) is 14.2 Å². The molecule has 0 aromatic heterocycles. The van der Waals surface area contributed by atoms with E-state index in [1.165, 1.54) is 18.2 Å². The number of ether oxygens (including phenoxy) is 3. The predicted molar refractivity (Wildman–Crippen MR) is 118 cm³/mol. The zero-order chi connectivity index (χ0) is 22.1. The molecule has 1 aliphatic heterocycles. The normalized spacial score (nSPS) is 15.6. The van der Waals surface area contributed by atoms with E-state index in [-0.39, 0.29) is 17.8 Å². The summed E-state index contributed by atoms with van der Waals surface area (Å²) in [5.41, 5.74) is 1.66. The summed E-state index contributed by atoms with van der Waals surface area (Å²) in [7, 11) is 1.59. The van der Waals surface area contributed by atoms with E-state index in [0.717, 1.165) is 24.2 Å². The molecule has 2 aromatic carbocycles. The van der Waals surface area contributed by atoms with Gasteiger partial charge in [0.1, 0.15) is 5.82 Å². The lowest BCUT2D eigenvalue weighted by molar-refractivity contribution is -0.116. The second-order valence-electron chi connectivity index (χ2n) is 7.14. The van der Waals surface area contributed by atoms with Gasteiger partial charge in [0.25, 0.3) is 0 Å². The molecule has 3 rings (SSSR count). The Kier molecular flexibility index (Phi) is 8.44. The van der Waals surface area contributed by atoms with Gasteiger partial charge in [-0.2, -0.15) is 0 Å². The number of carbonyl (C=O) groups is 1. The Hall–Kier alpha value is -2.90. The summed E-state index contributed by atoms with van der Waals surface area (Å²) in [5.74, 6) is 0.771. The van der Waals surface area contributed by atoms with Crippen LogP contribution in [-0.2, 0) is 9.53 Å². The van der Waals surface area contributed by atoms with Crippen LogP contribution < -0.4 is 14.8 Å². The highest BCUT2D eigenvalue weighted by atomic mass is 19.1. The van der Waals surface area contributed by atoms with E-state index in [9.17, 15) is 9.18 Å². The first-order valence-electron chi connectivity index (χ1n) is 10.4. The van der Waals surface area contributed by atoms with Crippen LogP contribution in [-0.4, -0.2) is 57.4 Å². The van der Waals surface area contributed by atoms with Crippen LogP contribution in [0.15, 0.2) is 48.5 Å². The maximum absolute atomic E-state index is 13.8. The average molecular weight is 429 g/mol. The minimum absolute atomic E-state index is 0.123. The molecule has 1 heterocycles. The summed E-state index contributed by atoms with van der Waals surface area (Å²) >= 11 is 0. The molecule has 2 aromatic rings. The van der Waals surface area contributed by atoms with E-state index in [0.29, 0.717) is 37.9 Å². The van der Waals surface area contributed by atoms with Crippen LogP contribution in [0.25, 0.3) is 6.08 Å². The molecule has 1 unspecified atom stereocenters. The molecule has 7 heteroatoms. The number of hydrogen-bond donors (Lipinski definition) is 1. The maximum atomic E-state index is 13.8. The Morgan fingerprint density at radius 3 is 2.74 bits per heavy atom. The van der Waals surface area contributed by atoms with Gasteiger partial charge in [-0.1, -0.05) is 18.2 Å². The van der Waals surface area contributed by atoms with Crippen molar-refractivity contribution in [1.29, 1.82) is 0 Å². The van der Waals surface area contributed by atoms with Gasteiger partial charge >= 0.3 is 0 Å². The standard InChI is InChI=1S/C24H29FN2O4/c1-3-31-23-15-18(7-9-22(23)29-2)8-10-24(28)26-17-21(27-11-13-30-14-12-27)19-5-4-6-20(25)16-19/h4-10,15-16,21H,3,11-14,17H2,1-2H3,(H,26,28)/b10-8+. The van der Waals surface area contributed by atoms with Gasteiger partial charge in [-0.25, -0.2) is 4.39 Å². The number of halogens is 1. The van der Waals surface area contributed by atoms with Gasteiger partial charge in [-0.15, -0.1) is 0 Å². The van der Waals surface area contributed by atoms with E-state index >= 15 is 0 Å². The fourth-order valence-corrected chi connectivity index (χ4v) is 3.55. The number of amides is 1. The molecular weight excluding hydrogens is 399 g/mol. The molecule has 1 N–H and O–H groups in total. The minimum Gasteiger partial charge on any atom is -0.493 e. The number of rotatable bonds is 9. The summed E-state index contributed by atoms with van der Waals surface area (Å²) in [5, 5.41) is 2.94. The first kappa shape index (κ1) is 22.8. The monoisotopic (exact) mass is 428 g/mol. The van der Waals surface area contributed by atoms with E-state index < -0.39 is 0 Å². The summed E-state index contributed by atoms with van der Waals surface area (Å²) in [6.07, 6.45) is 3.21. The molecule has 166 valence electrons. The van der Waals surface area contributed by atoms with E-state index in [1.54, 1.807) is 25.3 Å². The van der Waals surface area contributed by atoms with Crippen molar-refractivity contribution in [1.82, 2.24) is 10.2 Å². The van der Waals surface area contributed by atoms with Gasteiger partial charge in [-0.05, 0) is 48.4 Å². The molecular formula is C24H29FN2O4. The number of morpholine rings is 1. The Labute approximate surface area is 182 Å². The topological polar surface area (TPSA) is 60.0 Å². The molecule has 31 heavy (non-hydrogen) atoms. The van der Waals surface area contributed by atoms with Crippen molar-refractivity contribution < 1.29 is 23.4 Å². The highest BCUT2D eigenvalue weighted by Gasteiger charge is 2.23. The largest absolute Gasteiger partial charge is 0.493 e. The van der Waals surface area contributed by atoms with Crippen LogP contribution in [0.5, 0.6) is 11.5 Å². The third-order valence-electron chi connectivity index (χ3n) is 5.10. The lowest BCUT2D eigenvalue weighted by Crippen LogP contribution is -2.43. The highest BCUT2D eigenvalue weighted by Crippen LogP contribution is 2.28. The molecule has 0 spiro atoms. The maximum Gasteiger partial charge on any atom is 0.244 e. The van der Waals surface area contributed by atoms with Gasteiger partial charge < -0.3 is 19.5 Å². The van der Waals surface area contributed by atoms with Crippen molar-refractivity contribution in [2.24, 2.45) is 0 Å². The first-order chi connectivity index (χ1) is 15.1. The quantitative estimate of drug-likeness (QED) is 0.620. The number of hydrogen-bond acceptors (Lipinski definition) is 5. The van der Waals surface area contributed by atoms with Crippen LogP contribution in [0.4, 0.5) is 4.39 Å². The van der Waals surface area contributed by atoms with Crippen LogP contribution in [0.2, 0.25) is 0 Å². The number of nitrogens with zero attached hydrogens (tertiary/aromatic N) is 1. The van der Waals surface area contributed by atoms with Gasteiger partial charge in [0.05, 0.1) is 33.0 Å². The molecule has 6 nitrogen and oxygen atoms in total. The van der Waals surface area contributed by atoms with Crippen molar-refractivity contribution in [3.63, 3.8) is 0 Å². The molecule has 0 aliphatic carbocycles. The number of nitrogens with one attached hydrogen (secondary N) is 1. The van der Waals surface area contributed by atoms with Crippen molar-refractivity contribution in [2.75, 3.05) is 46.6 Å². The second-order valence-corrected chi connectivity index (χ2v) is 7.14. The van der Waals surface area contributed by atoms with Crippen LogP contribution in [0.1, 0.15) is 24.1 Å². The molecule has 1 aliphatic rings. The SMILES string of the molecule is CCOc1cc(/C=C/C(=O)NCC(c2cccc(F)c2)N2CCOCC2)ccc1OC. The number of methoxy groups -OCH3 is 1. The van der Waals surface area contributed by atoms with Gasteiger partial charge in [0.2, 0.25) is 5.91 Å². The fourth-order valence-electron chi connectivity index (χ4n) is 3.55. The predicted octanol–water partition coefficient (Wildman–Crippen LogP) is 3.44. The zero-order valence-corrected chi connectivity index (χ0v) is 18.0. The number of benzene rings is 2. The lowest BCUT2D eigenvalue weighted by atomic mass is 10.0. The molecule has 1 saturated heterocycles. The molecule has 0 saturated carbocycles. The van der Waals surface area contributed by atoms with Crippen LogP contribution >= 0.6 is 0 Å². The van der Waals surface area contributed by atoms with Crippen LogP contribution in [0, 0.1) is 5.82 Å². The minimum atomic E-state index is -0.286. The molecule has 1 amide bonds. The molecule has 0 radical (unpaired) electrons. The van der Waals surface area contributed by atoms with Crippen molar-refractivity contribution in [2.45, 2.75) is 13.0 Å². The van der Waals surface area contributed by atoms with Crippen molar-refractivity contribution in [3.8, 4) is 11.5 Å². The summed E-state index contributed by atoms with van der Waals surface area (Å²) in [4.78, 5) is 14.7. The third-order valence-corrected chi connectivity index (χ3v) is 5.10. The Balaban J connectivity index is 1.66. The van der Waals surface area contributed by atoms with Gasteiger partial charge in [0.15, 0.2) is 11.5 Å². The highest BCUT2D eigenvalue weighted by molar-refractivity contribution is 5.91.